The first-order valence-electron chi connectivity index (χ1n) is 7.18. The van der Waals surface area contributed by atoms with Gasteiger partial charge in [0.25, 0.3) is 5.91 Å². The zero-order valence-electron chi connectivity index (χ0n) is 13.5. The highest BCUT2D eigenvalue weighted by molar-refractivity contribution is 14.1. The predicted octanol–water partition coefficient (Wildman–Crippen LogP) is 2.73. The number of phenols is 1. The van der Waals surface area contributed by atoms with Gasteiger partial charge in [0.1, 0.15) is 0 Å². The van der Waals surface area contributed by atoms with Gasteiger partial charge in [0, 0.05) is 18.2 Å². The third-order valence-electron chi connectivity index (χ3n) is 3.10. The average molecular weight is 453 g/mol. The van der Waals surface area contributed by atoms with Crippen LogP contribution >= 0.6 is 22.6 Å². The largest absolute Gasteiger partial charge is 0.504 e. The molecule has 130 valence electrons. The number of carbonyl (C=O) groups excluding carboxylic acids is 2. The molecule has 2 rings (SSSR count). The molecule has 0 atom stereocenters. The van der Waals surface area contributed by atoms with Crippen LogP contribution in [0.2, 0.25) is 0 Å². The molecule has 0 aliphatic carbocycles. The van der Waals surface area contributed by atoms with Crippen LogP contribution in [0.4, 0.5) is 5.69 Å². The van der Waals surface area contributed by atoms with Gasteiger partial charge in [-0.1, -0.05) is 6.07 Å². The molecule has 0 heterocycles. The van der Waals surface area contributed by atoms with Crippen LogP contribution < -0.4 is 15.5 Å². The topological polar surface area (TPSA) is 100 Å². The van der Waals surface area contributed by atoms with E-state index >= 15 is 0 Å². The summed E-state index contributed by atoms with van der Waals surface area (Å²) in [7, 11) is 1.45. The van der Waals surface area contributed by atoms with Crippen LogP contribution in [0.3, 0.4) is 0 Å². The molecule has 0 saturated carbocycles. The van der Waals surface area contributed by atoms with Gasteiger partial charge in [-0.2, -0.15) is 5.10 Å². The Bertz CT molecular complexity index is 837. The van der Waals surface area contributed by atoms with Crippen molar-refractivity contribution in [1.82, 2.24) is 5.43 Å². The molecule has 25 heavy (non-hydrogen) atoms. The second-order valence-corrected chi connectivity index (χ2v) is 6.18. The molecule has 7 nitrogen and oxygen atoms in total. The molecule has 0 fully saturated rings. The normalized spacial score (nSPS) is 10.5. The number of aromatic hydroxyl groups is 1. The quantitative estimate of drug-likeness (QED) is 0.368. The van der Waals surface area contributed by atoms with E-state index in [0.29, 0.717) is 26.1 Å². The number of hydrogen-bond acceptors (Lipinski definition) is 5. The first-order chi connectivity index (χ1) is 11.9. The molecule has 8 heteroatoms. The standard InChI is InChI=1S/C17H16IN3O4/c1-10(22)20-13-5-3-4-12(8-13)17(24)21-19-9-11-6-14(18)16(23)15(7-11)25-2/h3-9,23H,1-2H3,(H,20,22)(H,21,24). The molecule has 0 aliphatic heterocycles. The number of hydrogen-bond donors (Lipinski definition) is 3. The van der Waals surface area contributed by atoms with E-state index in [1.807, 2.05) is 22.6 Å². The maximum atomic E-state index is 12.1. The van der Waals surface area contributed by atoms with E-state index in [0.717, 1.165) is 0 Å². The lowest BCUT2D eigenvalue weighted by Crippen LogP contribution is -2.18. The number of hydrazone groups is 1. The molecular formula is C17H16IN3O4. The maximum Gasteiger partial charge on any atom is 0.271 e. The van der Waals surface area contributed by atoms with Crippen molar-refractivity contribution in [3.63, 3.8) is 0 Å². The fraction of sp³-hybridized carbons (Fsp3) is 0.118. The van der Waals surface area contributed by atoms with Crippen molar-refractivity contribution in [3.05, 3.63) is 51.1 Å². The van der Waals surface area contributed by atoms with E-state index < -0.39 is 5.91 Å². The minimum atomic E-state index is -0.413. The molecule has 0 unspecified atom stereocenters. The number of halogens is 1. The van der Waals surface area contributed by atoms with E-state index in [1.54, 1.807) is 36.4 Å². The van der Waals surface area contributed by atoms with E-state index in [9.17, 15) is 14.7 Å². The van der Waals surface area contributed by atoms with Crippen LogP contribution in [0, 0.1) is 3.57 Å². The number of benzene rings is 2. The van der Waals surface area contributed by atoms with Gasteiger partial charge >= 0.3 is 0 Å². The number of phenolic OH excluding ortho intramolecular Hbond substituents is 1. The van der Waals surface area contributed by atoms with Gasteiger partial charge in [-0.25, -0.2) is 5.43 Å². The number of methoxy groups -OCH3 is 1. The van der Waals surface area contributed by atoms with Gasteiger partial charge in [0.05, 0.1) is 16.9 Å². The van der Waals surface area contributed by atoms with Crippen LogP contribution in [0.15, 0.2) is 41.5 Å². The Hall–Kier alpha value is -2.62. The van der Waals surface area contributed by atoms with E-state index in [4.69, 9.17) is 4.74 Å². The highest BCUT2D eigenvalue weighted by atomic mass is 127. The molecule has 0 aliphatic rings. The number of anilines is 1. The molecule has 0 aromatic heterocycles. The Labute approximate surface area is 158 Å². The minimum absolute atomic E-state index is 0.0547. The molecule has 0 spiro atoms. The summed E-state index contributed by atoms with van der Waals surface area (Å²) in [5, 5.41) is 16.3. The first-order valence-corrected chi connectivity index (χ1v) is 8.26. The molecule has 2 aromatic rings. The van der Waals surface area contributed by atoms with Crippen molar-refractivity contribution in [2.75, 3.05) is 12.4 Å². The van der Waals surface area contributed by atoms with Gasteiger partial charge in [-0.15, -0.1) is 0 Å². The third kappa shape index (κ3) is 5.18. The molecule has 0 saturated heterocycles. The van der Waals surface area contributed by atoms with E-state index in [1.165, 1.54) is 20.2 Å². The minimum Gasteiger partial charge on any atom is -0.504 e. The number of amides is 2. The van der Waals surface area contributed by atoms with Gasteiger partial charge in [-0.05, 0) is 58.5 Å². The summed E-state index contributed by atoms with van der Waals surface area (Å²) < 4.78 is 5.67. The van der Waals surface area contributed by atoms with Crippen LogP contribution in [0.1, 0.15) is 22.8 Å². The fourth-order valence-electron chi connectivity index (χ4n) is 2.00. The summed E-state index contributed by atoms with van der Waals surface area (Å²) in [6.45, 7) is 1.39. The smallest absolute Gasteiger partial charge is 0.271 e. The maximum absolute atomic E-state index is 12.1. The van der Waals surface area contributed by atoms with Gasteiger partial charge in [0.2, 0.25) is 5.91 Å². The Morgan fingerprint density at radius 1 is 1.28 bits per heavy atom. The second-order valence-electron chi connectivity index (χ2n) is 5.01. The van der Waals surface area contributed by atoms with Gasteiger partial charge in [0.15, 0.2) is 11.5 Å². The van der Waals surface area contributed by atoms with E-state index in [-0.39, 0.29) is 11.7 Å². The number of carbonyl (C=O) groups is 2. The van der Waals surface area contributed by atoms with Crippen molar-refractivity contribution < 1.29 is 19.4 Å². The highest BCUT2D eigenvalue weighted by Crippen LogP contribution is 2.31. The van der Waals surface area contributed by atoms with E-state index in [2.05, 4.69) is 15.8 Å². The second kappa shape index (κ2) is 8.47. The fourth-order valence-corrected chi connectivity index (χ4v) is 2.62. The Kier molecular flexibility index (Phi) is 6.34. The summed E-state index contributed by atoms with van der Waals surface area (Å²) in [6, 6.07) is 9.82. The Morgan fingerprint density at radius 3 is 2.72 bits per heavy atom. The van der Waals surface area contributed by atoms with Crippen molar-refractivity contribution >= 4 is 46.3 Å². The highest BCUT2D eigenvalue weighted by Gasteiger charge is 2.08. The van der Waals surface area contributed by atoms with Crippen molar-refractivity contribution in [2.45, 2.75) is 6.92 Å². The summed E-state index contributed by atoms with van der Waals surface area (Å²) in [6.07, 6.45) is 1.44. The van der Waals surface area contributed by atoms with Gasteiger partial charge in [-0.3, -0.25) is 9.59 Å². The summed E-state index contributed by atoms with van der Waals surface area (Å²) in [5.41, 5.74) is 3.96. The third-order valence-corrected chi connectivity index (χ3v) is 3.92. The van der Waals surface area contributed by atoms with Crippen LogP contribution in [-0.2, 0) is 4.79 Å². The van der Waals surface area contributed by atoms with Crippen molar-refractivity contribution in [1.29, 1.82) is 0 Å². The monoisotopic (exact) mass is 453 g/mol. The SMILES string of the molecule is COc1cc(C=NNC(=O)c2cccc(NC(C)=O)c2)cc(I)c1O. The lowest BCUT2D eigenvalue weighted by Gasteiger charge is -2.06. The average Bonchev–Trinajstić information content (AvgIpc) is 2.57. The molecule has 2 aromatic carbocycles. The van der Waals surface area contributed by atoms with Crippen LogP contribution in [-0.4, -0.2) is 30.2 Å². The zero-order chi connectivity index (χ0) is 18.4. The Morgan fingerprint density at radius 2 is 2.04 bits per heavy atom. The summed E-state index contributed by atoms with van der Waals surface area (Å²) >= 11 is 1.97. The molecule has 0 bridgehead atoms. The lowest BCUT2D eigenvalue weighted by atomic mass is 10.2. The first kappa shape index (κ1) is 18.7. The van der Waals surface area contributed by atoms with Crippen molar-refractivity contribution in [2.24, 2.45) is 5.10 Å². The number of nitrogens with one attached hydrogen (secondary N) is 2. The van der Waals surface area contributed by atoms with Crippen LogP contribution in [0.25, 0.3) is 0 Å². The van der Waals surface area contributed by atoms with Crippen molar-refractivity contribution in [3.8, 4) is 11.5 Å². The summed E-state index contributed by atoms with van der Waals surface area (Å²) in [4.78, 5) is 23.2. The Balaban J connectivity index is 2.08. The molecule has 0 radical (unpaired) electrons. The van der Waals surface area contributed by atoms with Crippen LogP contribution in [0.5, 0.6) is 11.5 Å². The molecule has 2 amide bonds. The number of nitrogens with zero attached hydrogens (tertiary/aromatic N) is 1. The van der Waals surface area contributed by atoms with Gasteiger partial charge < -0.3 is 15.2 Å². The molecule has 3 N–H and O–H groups in total. The lowest BCUT2D eigenvalue weighted by molar-refractivity contribution is -0.114. The number of rotatable bonds is 5. The summed E-state index contributed by atoms with van der Waals surface area (Å²) in [5.74, 6) is -0.253. The predicted molar refractivity (Wildman–Crippen MR) is 103 cm³/mol. The molecular weight excluding hydrogens is 437 g/mol. The number of ether oxygens (including phenoxy) is 1. The zero-order valence-corrected chi connectivity index (χ0v) is 15.7.